The van der Waals surface area contributed by atoms with Crippen molar-refractivity contribution in [3.8, 4) is 5.75 Å². The van der Waals surface area contributed by atoms with Crippen LogP contribution in [-0.2, 0) is 0 Å². The molecule has 0 heterocycles. The van der Waals surface area contributed by atoms with Gasteiger partial charge in [-0.05, 0) is 30.9 Å². The van der Waals surface area contributed by atoms with Crippen LogP contribution in [0.4, 0.5) is 0 Å². The van der Waals surface area contributed by atoms with Crippen molar-refractivity contribution in [3.63, 3.8) is 0 Å². The molecule has 1 aliphatic carbocycles. The van der Waals surface area contributed by atoms with Crippen LogP contribution < -0.4 is 4.74 Å². The Bertz CT molecular complexity index is 384. The van der Waals surface area contributed by atoms with Crippen LogP contribution >= 0.6 is 11.6 Å². The third-order valence-corrected chi connectivity index (χ3v) is 3.72. The van der Waals surface area contributed by atoms with Crippen LogP contribution in [0.5, 0.6) is 5.75 Å². The first-order chi connectivity index (χ1) is 8.31. The van der Waals surface area contributed by atoms with Gasteiger partial charge in [0, 0.05) is 5.56 Å². The standard InChI is InChI=1S/C14H17ClO2/c15-14-12(9-16)7-4-8-13(14)17-10-11-5-2-1-3-6-11/h4,7-9,11H,1-3,5-6,10H2. The summed E-state index contributed by atoms with van der Waals surface area (Å²) in [7, 11) is 0. The minimum Gasteiger partial charge on any atom is -0.492 e. The zero-order valence-corrected chi connectivity index (χ0v) is 10.6. The topological polar surface area (TPSA) is 26.3 Å². The average molecular weight is 253 g/mol. The summed E-state index contributed by atoms with van der Waals surface area (Å²) < 4.78 is 5.73. The summed E-state index contributed by atoms with van der Waals surface area (Å²) in [6.07, 6.45) is 7.19. The Morgan fingerprint density at radius 1 is 1.29 bits per heavy atom. The monoisotopic (exact) mass is 252 g/mol. The van der Waals surface area contributed by atoms with Crippen molar-refractivity contribution in [2.24, 2.45) is 5.92 Å². The van der Waals surface area contributed by atoms with Gasteiger partial charge in [-0.1, -0.05) is 36.9 Å². The molecular formula is C14H17ClO2. The maximum Gasteiger partial charge on any atom is 0.151 e. The number of aldehydes is 1. The van der Waals surface area contributed by atoms with Gasteiger partial charge in [0.2, 0.25) is 0 Å². The molecule has 0 aromatic heterocycles. The van der Waals surface area contributed by atoms with E-state index >= 15 is 0 Å². The SMILES string of the molecule is O=Cc1cccc(OCC2CCCCC2)c1Cl. The van der Waals surface area contributed by atoms with Gasteiger partial charge in [0.15, 0.2) is 6.29 Å². The van der Waals surface area contributed by atoms with Crippen molar-refractivity contribution >= 4 is 17.9 Å². The largest absolute Gasteiger partial charge is 0.492 e. The summed E-state index contributed by atoms with van der Waals surface area (Å²) in [5, 5.41) is 0.429. The normalized spacial score (nSPS) is 16.8. The lowest BCUT2D eigenvalue weighted by Crippen LogP contribution is -2.15. The summed E-state index contributed by atoms with van der Waals surface area (Å²) >= 11 is 6.07. The molecule has 92 valence electrons. The molecule has 1 fully saturated rings. The van der Waals surface area contributed by atoms with Crippen LogP contribution in [0.3, 0.4) is 0 Å². The fourth-order valence-corrected chi connectivity index (χ4v) is 2.52. The van der Waals surface area contributed by atoms with Gasteiger partial charge in [-0.2, -0.15) is 0 Å². The number of halogens is 1. The van der Waals surface area contributed by atoms with E-state index in [0.717, 1.165) is 6.29 Å². The molecule has 1 saturated carbocycles. The van der Waals surface area contributed by atoms with Gasteiger partial charge in [-0.3, -0.25) is 4.79 Å². The Balaban J connectivity index is 1.96. The molecule has 0 atom stereocenters. The van der Waals surface area contributed by atoms with E-state index in [1.54, 1.807) is 12.1 Å². The zero-order valence-electron chi connectivity index (χ0n) is 9.82. The van der Waals surface area contributed by atoms with E-state index in [4.69, 9.17) is 16.3 Å². The van der Waals surface area contributed by atoms with E-state index in [1.807, 2.05) is 6.07 Å². The first-order valence-corrected chi connectivity index (χ1v) is 6.55. The molecule has 0 saturated heterocycles. The van der Waals surface area contributed by atoms with Crippen LogP contribution in [-0.4, -0.2) is 12.9 Å². The van der Waals surface area contributed by atoms with Crippen molar-refractivity contribution < 1.29 is 9.53 Å². The molecule has 0 bridgehead atoms. The third-order valence-electron chi connectivity index (χ3n) is 3.32. The molecule has 2 rings (SSSR count). The molecule has 1 aromatic rings. The summed E-state index contributed by atoms with van der Waals surface area (Å²) in [4.78, 5) is 10.7. The smallest absolute Gasteiger partial charge is 0.151 e. The van der Waals surface area contributed by atoms with E-state index in [0.29, 0.717) is 28.9 Å². The van der Waals surface area contributed by atoms with Gasteiger partial charge in [-0.25, -0.2) is 0 Å². The van der Waals surface area contributed by atoms with Gasteiger partial charge < -0.3 is 4.74 Å². The fourth-order valence-electron chi connectivity index (χ4n) is 2.29. The molecule has 0 radical (unpaired) electrons. The summed E-state index contributed by atoms with van der Waals surface area (Å²) in [6.45, 7) is 0.710. The molecule has 0 N–H and O–H groups in total. The highest BCUT2D eigenvalue weighted by atomic mass is 35.5. The number of rotatable bonds is 4. The second-order valence-electron chi connectivity index (χ2n) is 4.59. The summed E-state index contributed by atoms with van der Waals surface area (Å²) in [5.41, 5.74) is 0.493. The first-order valence-electron chi connectivity index (χ1n) is 6.17. The van der Waals surface area contributed by atoms with Crippen molar-refractivity contribution in [2.75, 3.05) is 6.61 Å². The van der Waals surface area contributed by atoms with Crippen LogP contribution in [0.1, 0.15) is 42.5 Å². The molecule has 17 heavy (non-hydrogen) atoms. The predicted molar refractivity (Wildman–Crippen MR) is 68.9 cm³/mol. The Labute approximate surface area is 107 Å². The third kappa shape index (κ3) is 3.22. The van der Waals surface area contributed by atoms with Crippen molar-refractivity contribution in [1.82, 2.24) is 0 Å². The van der Waals surface area contributed by atoms with Crippen molar-refractivity contribution in [2.45, 2.75) is 32.1 Å². The quantitative estimate of drug-likeness (QED) is 0.754. The Hall–Kier alpha value is -1.02. The van der Waals surface area contributed by atoms with E-state index in [9.17, 15) is 4.79 Å². The maximum absolute atomic E-state index is 10.7. The molecule has 2 nitrogen and oxygen atoms in total. The lowest BCUT2D eigenvalue weighted by Gasteiger charge is -2.22. The molecule has 0 unspecified atom stereocenters. The van der Waals surface area contributed by atoms with Gasteiger partial charge in [0.1, 0.15) is 5.75 Å². The van der Waals surface area contributed by atoms with Gasteiger partial charge in [-0.15, -0.1) is 0 Å². The number of ether oxygens (including phenoxy) is 1. The lowest BCUT2D eigenvalue weighted by atomic mass is 9.90. The number of carbonyl (C=O) groups is 1. The van der Waals surface area contributed by atoms with Gasteiger partial charge in [0.25, 0.3) is 0 Å². The zero-order chi connectivity index (χ0) is 12.1. The van der Waals surface area contributed by atoms with Crippen LogP contribution in [0.2, 0.25) is 5.02 Å². The van der Waals surface area contributed by atoms with Crippen LogP contribution in [0, 0.1) is 5.92 Å². The molecule has 0 spiro atoms. The highest BCUT2D eigenvalue weighted by molar-refractivity contribution is 6.34. The molecule has 0 aliphatic heterocycles. The van der Waals surface area contributed by atoms with E-state index in [-0.39, 0.29) is 0 Å². The number of benzene rings is 1. The molecule has 1 aromatic carbocycles. The highest BCUT2D eigenvalue weighted by Gasteiger charge is 2.15. The highest BCUT2D eigenvalue weighted by Crippen LogP contribution is 2.29. The lowest BCUT2D eigenvalue weighted by molar-refractivity contribution is 0.112. The Morgan fingerprint density at radius 3 is 2.76 bits per heavy atom. The number of hydrogen-bond acceptors (Lipinski definition) is 2. The molecule has 0 amide bonds. The summed E-state index contributed by atoms with van der Waals surface area (Å²) in [6, 6.07) is 5.31. The predicted octanol–water partition coefficient (Wildman–Crippen LogP) is 4.11. The summed E-state index contributed by atoms with van der Waals surface area (Å²) in [5.74, 6) is 1.27. The first kappa shape index (κ1) is 12.4. The Kier molecular flexibility index (Phi) is 4.43. The minimum atomic E-state index is 0.429. The number of hydrogen-bond donors (Lipinski definition) is 0. The average Bonchev–Trinajstić information content (AvgIpc) is 2.39. The van der Waals surface area contributed by atoms with E-state index in [1.165, 1.54) is 32.1 Å². The van der Waals surface area contributed by atoms with Gasteiger partial charge >= 0.3 is 0 Å². The molecular weight excluding hydrogens is 236 g/mol. The van der Waals surface area contributed by atoms with Crippen LogP contribution in [0.25, 0.3) is 0 Å². The van der Waals surface area contributed by atoms with E-state index < -0.39 is 0 Å². The minimum absolute atomic E-state index is 0.429. The van der Waals surface area contributed by atoms with Crippen LogP contribution in [0.15, 0.2) is 18.2 Å². The molecule has 3 heteroatoms. The second kappa shape index (κ2) is 6.06. The Morgan fingerprint density at radius 2 is 2.06 bits per heavy atom. The van der Waals surface area contributed by atoms with Crippen molar-refractivity contribution in [3.05, 3.63) is 28.8 Å². The van der Waals surface area contributed by atoms with E-state index in [2.05, 4.69) is 0 Å². The second-order valence-corrected chi connectivity index (χ2v) is 4.97. The maximum atomic E-state index is 10.7. The molecule has 1 aliphatic rings. The van der Waals surface area contributed by atoms with Gasteiger partial charge in [0.05, 0.1) is 11.6 Å². The van der Waals surface area contributed by atoms with Crippen molar-refractivity contribution in [1.29, 1.82) is 0 Å². The number of carbonyl (C=O) groups excluding carboxylic acids is 1. The fraction of sp³-hybridized carbons (Fsp3) is 0.500.